The molecule has 4 rings (SSSR count). The summed E-state index contributed by atoms with van der Waals surface area (Å²) in [5.74, 6) is -3.04. The van der Waals surface area contributed by atoms with Crippen molar-refractivity contribution in [2.24, 2.45) is 0 Å². The number of nitrogens with two attached hydrogens (primary N) is 1. The molecule has 1 amide bonds. The van der Waals surface area contributed by atoms with Gasteiger partial charge in [-0.15, -0.1) is 0 Å². The number of halogens is 2. The van der Waals surface area contributed by atoms with Crippen LogP contribution in [0.3, 0.4) is 0 Å². The van der Waals surface area contributed by atoms with E-state index in [-0.39, 0.29) is 5.69 Å². The van der Waals surface area contributed by atoms with Crippen LogP contribution in [-0.4, -0.2) is 20.9 Å². The molecular weight excluding hydrogens is 352 g/mol. The fourth-order valence-corrected chi connectivity index (χ4v) is 2.71. The van der Waals surface area contributed by atoms with Gasteiger partial charge in [-0.3, -0.25) is 9.78 Å². The predicted molar refractivity (Wildman–Crippen MR) is 98.0 cm³/mol. The van der Waals surface area contributed by atoms with Crippen molar-refractivity contribution in [3.63, 3.8) is 0 Å². The van der Waals surface area contributed by atoms with Gasteiger partial charge in [0.25, 0.3) is 5.91 Å². The molecule has 8 heteroatoms. The van der Waals surface area contributed by atoms with Crippen molar-refractivity contribution in [1.82, 2.24) is 15.0 Å². The number of fused-ring (bicyclic) bond motifs is 1. The Kier molecular flexibility index (Phi) is 4.00. The van der Waals surface area contributed by atoms with E-state index in [1.165, 1.54) is 6.20 Å². The molecule has 0 saturated carbocycles. The maximum atomic E-state index is 14.0. The first-order chi connectivity index (χ1) is 13.0. The number of hydrogen-bond donors (Lipinski definition) is 3. The minimum Gasteiger partial charge on any atom is -0.396 e. The number of anilines is 2. The maximum absolute atomic E-state index is 14.0. The molecule has 3 heterocycles. The number of nitrogen functional groups attached to an aromatic ring is 1. The molecule has 0 bridgehead atoms. The number of carbonyl (C=O) groups is 1. The van der Waals surface area contributed by atoms with E-state index in [0.717, 1.165) is 23.5 Å². The molecule has 3 aromatic heterocycles. The first kappa shape index (κ1) is 16.6. The second kappa shape index (κ2) is 6.49. The number of pyridine rings is 2. The third-order valence-corrected chi connectivity index (χ3v) is 4.02. The first-order valence-corrected chi connectivity index (χ1v) is 7.98. The lowest BCUT2D eigenvalue weighted by Gasteiger charge is -2.08. The molecule has 6 nitrogen and oxygen atoms in total. The van der Waals surface area contributed by atoms with E-state index in [0.29, 0.717) is 16.7 Å². The second-order valence-corrected chi connectivity index (χ2v) is 5.84. The van der Waals surface area contributed by atoms with Gasteiger partial charge in [-0.05, 0) is 36.4 Å². The molecule has 0 spiro atoms. The number of aromatic nitrogens is 3. The Morgan fingerprint density at radius 3 is 2.74 bits per heavy atom. The van der Waals surface area contributed by atoms with Gasteiger partial charge in [-0.2, -0.15) is 0 Å². The molecular formula is C19H13F2N5O. The number of aromatic amines is 1. The summed E-state index contributed by atoms with van der Waals surface area (Å²) in [5.41, 5.74) is 6.75. The summed E-state index contributed by atoms with van der Waals surface area (Å²) in [5, 5.41) is 3.15. The van der Waals surface area contributed by atoms with Crippen molar-refractivity contribution in [1.29, 1.82) is 0 Å². The Hall–Kier alpha value is -3.81. The lowest BCUT2D eigenvalue weighted by molar-refractivity contribution is 0.101. The largest absolute Gasteiger partial charge is 0.396 e. The van der Waals surface area contributed by atoms with E-state index in [1.54, 1.807) is 12.3 Å². The average molecular weight is 365 g/mol. The Labute approximate surface area is 152 Å². The zero-order chi connectivity index (χ0) is 19.0. The zero-order valence-corrected chi connectivity index (χ0v) is 13.8. The zero-order valence-electron chi connectivity index (χ0n) is 13.8. The minimum absolute atomic E-state index is 0.292. The lowest BCUT2D eigenvalue weighted by atomic mass is 10.1. The average Bonchev–Trinajstić information content (AvgIpc) is 3.09. The third kappa shape index (κ3) is 3.08. The van der Waals surface area contributed by atoms with Gasteiger partial charge >= 0.3 is 0 Å². The van der Waals surface area contributed by atoms with Gasteiger partial charge < -0.3 is 16.0 Å². The van der Waals surface area contributed by atoms with E-state index in [1.807, 2.05) is 24.3 Å². The smallest absolute Gasteiger partial charge is 0.261 e. The van der Waals surface area contributed by atoms with Crippen molar-refractivity contribution < 1.29 is 13.6 Å². The van der Waals surface area contributed by atoms with E-state index in [2.05, 4.69) is 20.3 Å². The Bertz CT molecular complexity index is 1160. The highest BCUT2D eigenvalue weighted by Gasteiger charge is 2.20. The van der Waals surface area contributed by atoms with Crippen LogP contribution in [0.25, 0.3) is 22.4 Å². The topological polar surface area (TPSA) is 96.7 Å². The number of nitrogens with one attached hydrogen (secondary N) is 2. The van der Waals surface area contributed by atoms with Gasteiger partial charge in [0.1, 0.15) is 17.0 Å². The molecule has 134 valence electrons. The highest BCUT2D eigenvalue weighted by molar-refractivity contribution is 6.05. The highest BCUT2D eigenvalue weighted by Crippen LogP contribution is 2.24. The number of carbonyl (C=O) groups excluding carboxylic acids is 1. The van der Waals surface area contributed by atoms with Gasteiger partial charge in [0.2, 0.25) is 0 Å². The summed E-state index contributed by atoms with van der Waals surface area (Å²) in [7, 11) is 0. The molecule has 0 atom stereocenters. The summed E-state index contributed by atoms with van der Waals surface area (Å²) < 4.78 is 27.8. The number of benzene rings is 1. The van der Waals surface area contributed by atoms with Crippen LogP contribution in [-0.2, 0) is 0 Å². The molecule has 0 fully saturated rings. The van der Waals surface area contributed by atoms with Gasteiger partial charge in [0, 0.05) is 11.6 Å². The van der Waals surface area contributed by atoms with Crippen LogP contribution in [0.5, 0.6) is 0 Å². The van der Waals surface area contributed by atoms with Crippen molar-refractivity contribution in [3.05, 3.63) is 72.1 Å². The maximum Gasteiger partial charge on any atom is 0.261 e. The molecule has 0 aliphatic carbocycles. The standard InChI is InChI=1S/C19H13F2N5O/c20-12-4-5-13(22)17(21)16(12)19(27)25-11-7-10-8-15(26-18(10)24-9-11)14-3-1-2-6-23-14/h1-9H,22H2,(H,24,26)(H,25,27). The van der Waals surface area contributed by atoms with E-state index < -0.39 is 23.1 Å². The minimum atomic E-state index is -1.10. The number of nitrogens with zero attached hydrogens (tertiary/aromatic N) is 2. The summed E-state index contributed by atoms with van der Waals surface area (Å²) in [6.45, 7) is 0. The van der Waals surface area contributed by atoms with Crippen LogP contribution in [0.15, 0.2) is 54.9 Å². The molecule has 1 aromatic carbocycles. The van der Waals surface area contributed by atoms with Crippen LogP contribution in [0, 0.1) is 11.6 Å². The summed E-state index contributed by atoms with van der Waals surface area (Å²) in [6.07, 6.45) is 3.07. The molecule has 4 N–H and O–H groups in total. The van der Waals surface area contributed by atoms with E-state index in [4.69, 9.17) is 5.73 Å². The normalized spacial score (nSPS) is 10.9. The van der Waals surface area contributed by atoms with E-state index >= 15 is 0 Å². The van der Waals surface area contributed by atoms with Crippen LogP contribution in [0.2, 0.25) is 0 Å². The summed E-state index contributed by atoms with van der Waals surface area (Å²) >= 11 is 0. The molecule has 4 aromatic rings. The van der Waals surface area contributed by atoms with E-state index in [9.17, 15) is 13.6 Å². The molecule has 0 unspecified atom stereocenters. The summed E-state index contributed by atoms with van der Waals surface area (Å²) in [6, 6.07) is 11.0. The first-order valence-electron chi connectivity index (χ1n) is 7.98. The monoisotopic (exact) mass is 365 g/mol. The van der Waals surface area contributed by atoms with Gasteiger partial charge in [0.05, 0.1) is 29.0 Å². The third-order valence-electron chi connectivity index (χ3n) is 4.02. The van der Waals surface area contributed by atoms with Crippen LogP contribution in [0.4, 0.5) is 20.2 Å². The summed E-state index contributed by atoms with van der Waals surface area (Å²) in [4.78, 5) is 23.9. The quantitative estimate of drug-likeness (QED) is 0.482. The van der Waals surface area contributed by atoms with Gasteiger partial charge in [-0.1, -0.05) is 6.07 Å². The number of rotatable bonds is 3. The van der Waals surface area contributed by atoms with Crippen molar-refractivity contribution in [3.8, 4) is 11.4 Å². The Balaban J connectivity index is 1.65. The SMILES string of the molecule is Nc1ccc(F)c(C(=O)Nc2cnc3[nH]c(-c4ccccn4)cc3c2)c1F. The van der Waals surface area contributed by atoms with Crippen molar-refractivity contribution >= 4 is 28.3 Å². The Morgan fingerprint density at radius 1 is 1.11 bits per heavy atom. The second-order valence-electron chi connectivity index (χ2n) is 5.84. The van der Waals surface area contributed by atoms with Gasteiger partial charge in [0.15, 0.2) is 5.82 Å². The fraction of sp³-hybridized carbons (Fsp3) is 0. The molecule has 0 saturated heterocycles. The molecule has 0 aliphatic rings. The van der Waals surface area contributed by atoms with Crippen LogP contribution < -0.4 is 11.1 Å². The molecule has 0 radical (unpaired) electrons. The number of amides is 1. The lowest BCUT2D eigenvalue weighted by Crippen LogP contribution is -2.17. The fourth-order valence-electron chi connectivity index (χ4n) is 2.71. The number of hydrogen-bond acceptors (Lipinski definition) is 4. The molecule has 0 aliphatic heterocycles. The number of H-pyrrole nitrogens is 1. The molecule has 27 heavy (non-hydrogen) atoms. The van der Waals surface area contributed by atoms with Crippen LogP contribution in [0.1, 0.15) is 10.4 Å². The van der Waals surface area contributed by atoms with Gasteiger partial charge in [-0.25, -0.2) is 13.8 Å². The Morgan fingerprint density at radius 2 is 1.96 bits per heavy atom. The van der Waals surface area contributed by atoms with Crippen molar-refractivity contribution in [2.45, 2.75) is 0 Å². The van der Waals surface area contributed by atoms with Crippen LogP contribution >= 0.6 is 0 Å². The van der Waals surface area contributed by atoms with Crippen molar-refractivity contribution in [2.75, 3.05) is 11.1 Å². The highest BCUT2D eigenvalue weighted by atomic mass is 19.1. The predicted octanol–water partition coefficient (Wildman–Crippen LogP) is 3.74.